The van der Waals surface area contributed by atoms with Crippen LogP contribution < -0.4 is 16.0 Å². The molecule has 0 heterocycles. The maximum absolute atomic E-state index is 12.0. The summed E-state index contributed by atoms with van der Waals surface area (Å²) in [6.45, 7) is 5.95. The molecule has 1 amide bonds. The molecule has 0 spiro atoms. The van der Waals surface area contributed by atoms with Crippen LogP contribution in [0.2, 0.25) is 0 Å². The fourth-order valence-electron chi connectivity index (χ4n) is 1.61. The number of carbonyl (C=O) groups excluding carboxylic acids is 1. The van der Waals surface area contributed by atoms with E-state index in [1.54, 1.807) is 0 Å². The predicted molar refractivity (Wildman–Crippen MR) is 76.6 cm³/mol. The highest BCUT2D eigenvalue weighted by Gasteiger charge is 2.19. The number of likely N-dealkylation sites (N-methyl/N-ethyl adjacent to an activating group) is 1. The van der Waals surface area contributed by atoms with Crippen LogP contribution in [0, 0.1) is 0 Å². The number of amides is 1. The number of hydrogen-bond acceptors (Lipinski definition) is 3. The zero-order chi connectivity index (χ0) is 13.7. The lowest BCUT2D eigenvalue weighted by atomic mass is 10.2. The minimum atomic E-state index is -0.221. The van der Waals surface area contributed by atoms with Crippen LogP contribution in [0.15, 0.2) is 24.3 Å². The Labute approximate surface area is 109 Å². The maximum atomic E-state index is 12.0. The Hall–Kier alpha value is -1.71. The van der Waals surface area contributed by atoms with Gasteiger partial charge in [0.25, 0.3) is 0 Å². The first kappa shape index (κ1) is 14.4. The Kier molecular flexibility index (Phi) is 5.01. The third kappa shape index (κ3) is 3.65. The van der Waals surface area contributed by atoms with Gasteiger partial charge in [-0.25, -0.2) is 0 Å². The van der Waals surface area contributed by atoms with E-state index in [9.17, 15) is 4.79 Å². The number of carbonyl (C=O) groups is 1. The summed E-state index contributed by atoms with van der Waals surface area (Å²) in [5.74, 6) is 0.0364. The molecule has 0 saturated carbocycles. The Morgan fingerprint density at radius 1 is 1.44 bits per heavy atom. The van der Waals surface area contributed by atoms with Crippen LogP contribution in [0.5, 0.6) is 0 Å². The quantitative estimate of drug-likeness (QED) is 0.785. The van der Waals surface area contributed by atoms with Gasteiger partial charge in [-0.1, -0.05) is 13.0 Å². The third-order valence-corrected chi connectivity index (χ3v) is 3.24. The molecule has 0 fully saturated rings. The second-order valence-electron chi connectivity index (χ2n) is 4.70. The minimum absolute atomic E-state index is 0.0364. The molecule has 1 rings (SSSR count). The Morgan fingerprint density at radius 2 is 2.11 bits per heavy atom. The van der Waals surface area contributed by atoms with Crippen LogP contribution in [-0.2, 0) is 4.79 Å². The van der Waals surface area contributed by atoms with E-state index < -0.39 is 0 Å². The average Bonchev–Trinajstić information content (AvgIpc) is 2.36. The maximum Gasteiger partial charge on any atom is 0.242 e. The van der Waals surface area contributed by atoms with Crippen LogP contribution in [0.1, 0.15) is 27.2 Å². The fraction of sp³-hybridized carbons (Fsp3) is 0.500. The van der Waals surface area contributed by atoms with Crippen LogP contribution in [-0.4, -0.2) is 25.0 Å². The van der Waals surface area contributed by atoms with Gasteiger partial charge in [0.15, 0.2) is 0 Å². The lowest BCUT2D eigenvalue weighted by Gasteiger charge is -2.27. The van der Waals surface area contributed by atoms with Crippen molar-refractivity contribution in [3.8, 4) is 0 Å². The zero-order valence-electron chi connectivity index (χ0n) is 11.6. The second kappa shape index (κ2) is 6.28. The van der Waals surface area contributed by atoms with Crippen molar-refractivity contribution < 1.29 is 4.79 Å². The molecule has 0 bridgehead atoms. The van der Waals surface area contributed by atoms with Crippen molar-refractivity contribution in [2.24, 2.45) is 0 Å². The molecule has 100 valence electrons. The summed E-state index contributed by atoms with van der Waals surface area (Å²) in [4.78, 5) is 14.0. The SMILES string of the molecule is CCC(C)NC(=O)C(C)N(C)c1cccc(N)c1. The summed E-state index contributed by atoms with van der Waals surface area (Å²) in [6.07, 6.45) is 0.931. The van der Waals surface area contributed by atoms with Crippen molar-refractivity contribution in [1.82, 2.24) is 5.32 Å². The zero-order valence-corrected chi connectivity index (χ0v) is 11.6. The summed E-state index contributed by atoms with van der Waals surface area (Å²) >= 11 is 0. The summed E-state index contributed by atoms with van der Waals surface area (Å²) in [5.41, 5.74) is 7.40. The molecule has 0 aromatic heterocycles. The first-order chi connectivity index (χ1) is 8.45. The molecule has 0 aliphatic carbocycles. The van der Waals surface area contributed by atoms with E-state index in [0.717, 1.165) is 12.1 Å². The molecule has 2 unspecified atom stereocenters. The van der Waals surface area contributed by atoms with Crippen LogP contribution in [0.25, 0.3) is 0 Å². The monoisotopic (exact) mass is 249 g/mol. The molecule has 0 aliphatic rings. The molecular formula is C14H23N3O. The van der Waals surface area contributed by atoms with Gasteiger partial charge in [0.05, 0.1) is 0 Å². The predicted octanol–water partition coefficient (Wildman–Crippen LogP) is 2.01. The molecule has 0 aliphatic heterocycles. The summed E-state index contributed by atoms with van der Waals surface area (Å²) in [6, 6.07) is 7.52. The molecule has 2 atom stereocenters. The van der Waals surface area contributed by atoms with E-state index >= 15 is 0 Å². The van der Waals surface area contributed by atoms with E-state index in [2.05, 4.69) is 12.2 Å². The van der Waals surface area contributed by atoms with E-state index in [4.69, 9.17) is 5.73 Å². The number of nitrogens with one attached hydrogen (secondary N) is 1. The first-order valence-electron chi connectivity index (χ1n) is 6.34. The van der Waals surface area contributed by atoms with Crippen molar-refractivity contribution in [2.75, 3.05) is 17.7 Å². The number of nitrogens with zero attached hydrogens (tertiary/aromatic N) is 1. The van der Waals surface area contributed by atoms with E-state index in [-0.39, 0.29) is 18.0 Å². The van der Waals surface area contributed by atoms with Gasteiger partial charge in [-0.15, -0.1) is 0 Å². The van der Waals surface area contributed by atoms with Crippen LogP contribution in [0.3, 0.4) is 0 Å². The average molecular weight is 249 g/mol. The standard InChI is InChI=1S/C14H23N3O/c1-5-10(2)16-14(18)11(3)17(4)13-8-6-7-12(15)9-13/h6-11H,5,15H2,1-4H3,(H,16,18). The molecular weight excluding hydrogens is 226 g/mol. The lowest BCUT2D eigenvalue weighted by molar-refractivity contribution is -0.122. The molecule has 1 aromatic carbocycles. The molecule has 3 N–H and O–H groups in total. The van der Waals surface area contributed by atoms with Crippen molar-refractivity contribution >= 4 is 17.3 Å². The minimum Gasteiger partial charge on any atom is -0.399 e. The van der Waals surface area contributed by atoms with Gasteiger partial charge >= 0.3 is 0 Å². The Balaban J connectivity index is 2.71. The number of rotatable bonds is 5. The van der Waals surface area contributed by atoms with Gasteiger partial charge in [0.2, 0.25) is 5.91 Å². The lowest BCUT2D eigenvalue weighted by Crippen LogP contribution is -2.46. The Bertz CT molecular complexity index is 406. The number of hydrogen-bond donors (Lipinski definition) is 2. The highest BCUT2D eigenvalue weighted by molar-refractivity contribution is 5.85. The van der Waals surface area contributed by atoms with E-state index in [1.165, 1.54) is 0 Å². The van der Waals surface area contributed by atoms with Gasteiger partial charge < -0.3 is 16.0 Å². The van der Waals surface area contributed by atoms with Gasteiger partial charge in [0, 0.05) is 24.5 Å². The summed E-state index contributed by atoms with van der Waals surface area (Å²) in [5, 5.41) is 2.98. The van der Waals surface area contributed by atoms with Crippen LogP contribution in [0.4, 0.5) is 11.4 Å². The van der Waals surface area contributed by atoms with Crippen molar-refractivity contribution in [3.05, 3.63) is 24.3 Å². The molecule has 18 heavy (non-hydrogen) atoms. The molecule has 0 radical (unpaired) electrons. The molecule has 4 nitrogen and oxygen atoms in total. The largest absolute Gasteiger partial charge is 0.399 e. The van der Waals surface area contributed by atoms with E-state index in [1.807, 2.05) is 50.1 Å². The van der Waals surface area contributed by atoms with Gasteiger partial charge in [-0.3, -0.25) is 4.79 Å². The highest BCUT2D eigenvalue weighted by atomic mass is 16.2. The van der Waals surface area contributed by atoms with E-state index in [0.29, 0.717) is 5.69 Å². The number of anilines is 2. The van der Waals surface area contributed by atoms with Crippen molar-refractivity contribution in [1.29, 1.82) is 0 Å². The summed E-state index contributed by atoms with van der Waals surface area (Å²) < 4.78 is 0. The second-order valence-corrected chi connectivity index (χ2v) is 4.70. The smallest absolute Gasteiger partial charge is 0.242 e. The van der Waals surface area contributed by atoms with Crippen molar-refractivity contribution in [3.63, 3.8) is 0 Å². The topological polar surface area (TPSA) is 58.4 Å². The van der Waals surface area contributed by atoms with Gasteiger partial charge in [0.1, 0.15) is 6.04 Å². The van der Waals surface area contributed by atoms with Gasteiger partial charge in [-0.2, -0.15) is 0 Å². The fourth-order valence-corrected chi connectivity index (χ4v) is 1.61. The molecule has 1 aromatic rings. The molecule has 4 heteroatoms. The number of benzene rings is 1. The Morgan fingerprint density at radius 3 is 2.67 bits per heavy atom. The third-order valence-electron chi connectivity index (χ3n) is 3.24. The first-order valence-corrected chi connectivity index (χ1v) is 6.34. The van der Waals surface area contributed by atoms with Crippen molar-refractivity contribution in [2.45, 2.75) is 39.3 Å². The number of nitrogens with two attached hydrogens (primary N) is 1. The van der Waals surface area contributed by atoms with Crippen LogP contribution >= 0.6 is 0 Å². The number of nitrogen functional groups attached to an aromatic ring is 1. The molecule has 0 saturated heterocycles. The van der Waals surface area contributed by atoms with Gasteiger partial charge in [-0.05, 0) is 38.5 Å². The highest BCUT2D eigenvalue weighted by Crippen LogP contribution is 2.18. The normalized spacial score (nSPS) is 13.8. The summed E-state index contributed by atoms with van der Waals surface area (Å²) in [7, 11) is 1.90.